The average Bonchev–Trinajstić information content (AvgIpc) is 2.41. The summed E-state index contributed by atoms with van der Waals surface area (Å²) in [4.78, 5) is 0.231. The van der Waals surface area contributed by atoms with Crippen LogP contribution in [0.2, 0.25) is 0 Å². The second-order valence-electron chi connectivity index (χ2n) is 5.16. The second-order valence-corrected chi connectivity index (χ2v) is 7.05. The van der Waals surface area contributed by atoms with E-state index in [4.69, 9.17) is 10.00 Å². The molecule has 0 amide bonds. The van der Waals surface area contributed by atoms with Crippen LogP contribution in [0.15, 0.2) is 23.1 Å². The van der Waals surface area contributed by atoms with E-state index in [1.54, 1.807) is 19.1 Å². The van der Waals surface area contributed by atoms with Gasteiger partial charge in [-0.05, 0) is 44.5 Å². The maximum absolute atomic E-state index is 12.7. The van der Waals surface area contributed by atoms with E-state index in [2.05, 4.69) is 0 Å². The van der Waals surface area contributed by atoms with E-state index in [0.29, 0.717) is 24.3 Å². The van der Waals surface area contributed by atoms with Gasteiger partial charge in [-0.3, -0.25) is 0 Å². The molecular weight excluding hydrogens is 276 g/mol. The lowest BCUT2D eigenvalue weighted by Gasteiger charge is -2.35. The van der Waals surface area contributed by atoms with Crippen LogP contribution in [0, 0.1) is 18.3 Å². The lowest BCUT2D eigenvalue weighted by molar-refractivity contribution is -0.0170. The van der Waals surface area contributed by atoms with Crippen LogP contribution in [0.3, 0.4) is 0 Å². The van der Waals surface area contributed by atoms with Gasteiger partial charge < -0.3 is 4.74 Å². The number of nitrogens with zero attached hydrogens (tertiary/aromatic N) is 2. The van der Waals surface area contributed by atoms with Gasteiger partial charge in [-0.1, -0.05) is 0 Å². The molecule has 1 aliphatic rings. The molecule has 1 aromatic rings. The molecule has 0 radical (unpaired) electrons. The van der Waals surface area contributed by atoms with Crippen molar-refractivity contribution < 1.29 is 13.2 Å². The third kappa shape index (κ3) is 2.70. The predicted molar refractivity (Wildman–Crippen MR) is 74.7 cm³/mol. The number of rotatable bonds is 2. The van der Waals surface area contributed by atoms with Gasteiger partial charge in [-0.25, -0.2) is 8.42 Å². The number of sulfonamides is 1. The van der Waals surface area contributed by atoms with E-state index in [-0.39, 0.29) is 17.0 Å². The monoisotopic (exact) mass is 294 g/mol. The van der Waals surface area contributed by atoms with Crippen LogP contribution in [0.25, 0.3) is 0 Å². The highest BCUT2D eigenvalue weighted by molar-refractivity contribution is 7.89. The highest BCUT2D eigenvalue weighted by Crippen LogP contribution is 2.24. The smallest absolute Gasteiger partial charge is 0.243 e. The molecule has 0 spiro atoms. The molecule has 2 rings (SSSR count). The fourth-order valence-electron chi connectivity index (χ4n) is 2.27. The van der Waals surface area contributed by atoms with Crippen molar-refractivity contribution in [2.75, 3.05) is 13.2 Å². The van der Waals surface area contributed by atoms with Gasteiger partial charge >= 0.3 is 0 Å². The summed E-state index contributed by atoms with van der Waals surface area (Å²) < 4.78 is 32.3. The summed E-state index contributed by atoms with van der Waals surface area (Å²) in [7, 11) is -3.55. The molecule has 2 atom stereocenters. The maximum atomic E-state index is 12.7. The molecule has 0 aromatic heterocycles. The molecule has 0 N–H and O–H groups in total. The molecule has 1 aliphatic heterocycles. The van der Waals surface area contributed by atoms with Gasteiger partial charge in [0.1, 0.15) is 0 Å². The van der Waals surface area contributed by atoms with Crippen molar-refractivity contribution in [1.82, 2.24) is 4.31 Å². The standard InChI is InChI=1S/C14H18N2O3S/c1-10-6-14(5-4-13(10)7-15)20(17,18)16-8-12(3)19-9-11(16)2/h4-6,11-12H,8-9H2,1-3H3. The summed E-state index contributed by atoms with van der Waals surface area (Å²) in [6.45, 7) is 6.18. The number of morpholine rings is 1. The quantitative estimate of drug-likeness (QED) is 0.832. The zero-order valence-corrected chi connectivity index (χ0v) is 12.6. The second kappa shape index (κ2) is 5.52. The molecular formula is C14H18N2O3S. The SMILES string of the molecule is Cc1cc(S(=O)(=O)N2CC(C)OCC2C)ccc1C#N. The van der Waals surface area contributed by atoms with Gasteiger partial charge in [0.05, 0.1) is 29.2 Å². The molecule has 0 saturated carbocycles. The largest absolute Gasteiger partial charge is 0.375 e. The lowest BCUT2D eigenvalue weighted by Crippen LogP contribution is -2.50. The highest BCUT2D eigenvalue weighted by atomic mass is 32.2. The molecule has 2 unspecified atom stereocenters. The molecule has 20 heavy (non-hydrogen) atoms. The first-order valence-electron chi connectivity index (χ1n) is 6.50. The Morgan fingerprint density at radius 3 is 2.70 bits per heavy atom. The zero-order chi connectivity index (χ0) is 14.9. The van der Waals surface area contributed by atoms with Crippen LogP contribution in [0.4, 0.5) is 0 Å². The summed E-state index contributed by atoms with van der Waals surface area (Å²) >= 11 is 0. The van der Waals surface area contributed by atoms with Crippen molar-refractivity contribution in [3.63, 3.8) is 0 Å². The van der Waals surface area contributed by atoms with Gasteiger partial charge in [0.25, 0.3) is 0 Å². The van der Waals surface area contributed by atoms with E-state index in [0.717, 1.165) is 0 Å². The minimum atomic E-state index is -3.55. The van der Waals surface area contributed by atoms with Gasteiger partial charge in [0, 0.05) is 12.6 Å². The molecule has 0 bridgehead atoms. The molecule has 108 valence electrons. The topological polar surface area (TPSA) is 70.4 Å². The van der Waals surface area contributed by atoms with Gasteiger partial charge in [0.2, 0.25) is 10.0 Å². The van der Waals surface area contributed by atoms with E-state index in [1.165, 1.54) is 10.4 Å². The summed E-state index contributed by atoms with van der Waals surface area (Å²) in [5.74, 6) is 0. The van der Waals surface area contributed by atoms with Crippen molar-refractivity contribution >= 4 is 10.0 Å². The van der Waals surface area contributed by atoms with Gasteiger partial charge in [-0.2, -0.15) is 9.57 Å². The molecule has 1 saturated heterocycles. The number of nitriles is 1. The Hall–Kier alpha value is -1.42. The van der Waals surface area contributed by atoms with Crippen molar-refractivity contribution in [2.45, 2.75) is 37.8 Å². The Morgan fingerprint density at radius 2 is 2.10 bits per heavy atom. The summed E-state index contributed by atoms with van der Waals surface area (Å²) in [6, 6.07) is 6.46. The Morgan fingerprint density at radius 1 is 1.40 bits per heavy atom. The van der Waals surface area contributed by atoms with Crippen LogP contribution < -0.4 is 0 Å². The molecule has 5 nitrogen and oxygen atoms in total. The Balaban J connectivity index is 2.39. The highest BCUT2D eigenvalue weighted by Gasteiger charge is 2.34. The Labute approximate surface area is 119 Å². The van der Waals surface area contributed by atoms with Gasteiger partial charge in [-0.15, -0.1) is 0 Å². The summed E-state index contributed by atoms with van der Waals surface area (Å²) in [5.41, 5.74) is 1.16. The van der Waals surface area contributed by atoms with Crippen molar-refractivity contribution in [3.8, 4) is 6.07 Å². The summed E-state index contributed by atoms with van der Waals surface area (Å²) in [5, 5.41) is 8.91. The van der Waals surface area contributed by atoms with Crippen molar-refractivity contribution in [3.05, 3.63) is 29.3 Å². The average molecular weight is 294 g/mol. The normalized spacial score (nSPS) is 24.3. The zero-order valence-electron chi connectivity index (χ0n) is 11.8. The van der Waals surface area contributed by atoms with Crippen molar-refractivity contribution in [2.24, 2.45) is 0 Å². The fourth-order valence-corrected chi connectivity index (χ4v) is 4.04. The number of hydrogen-bond donors (Lipinski definition) is 0. The van der Waals surface area contributed by atoms with Crippen LogP contribution in [0.1, 0.15) is 25.0 Å². The Kier molecular flexibility index (Phi) is 4.14. The molecule has 6 heteroatoms. The van der Waals surface area contributed by atoms with Crippen LogP contribution in [0.5, 0.6) is 0 Å². The van der Waals surface area contributed by atoms with Crippen LogP contribution >= 0.6 is 0 Å². The van der Waals surface area contributed by atoms with E-state index >= 15 is 0 Å². The third-order valence-electron chi connectivity index (χ3n) is 3.48. The van der Waals surface area contributed by atoms with Crippen LogP contribution in [-0.2, 0) is 14.8 Å². The maximum Gasteiger partial charge on any atom is 0.243 e. The first-order valence-corrected chi connectivity index (χ1v) is 7.94. The minimum Gasteiger partial charge on any atom is -0.375 e. The summed E-state index contributed by atoms with van der Waals surface area (Å²) in [6.07, 6.45) is -0.111. The molecule has 1 fully saturated rings. The third-order valence-corrected chi connectivity index (χ3v) is 5.45. The van der Waals surface area contributed by atoms with E-state index < -0.39 is 10.0 Å². The van der Waals surface area contributed by atoms with E-state index in [9.17, 15) is 8.42 Å². The molecule has 1 heterocycles. The van der Waals surface area contributed by atoms with Crippen LogP contribution in [-0.4, -0.2) is 38.0 Å². The number of ether oxygens (including phenoxy) is 1. The van der Waals surface area contributed by atoms with Crippen molar-refractivity contribution in [1.29, 1.82) is 5.26 Å². The molecule has 0 aliphatic carbocycles. The number of benzene rings is 1. The first-order chi connectivity index (χ1) is 9.36. The predicted octanol–water partition coefficient (Wildman–Crippen LogP) is 1.66. The van der Waals surface area contributed by atoms with E-state index in [1.807, 2.05) is 19.9 Å². The number of aryl methyl sites for hydroxylation is 1. The fraction of sp³-hybridized carbons (Fsp3) is 0.500. The Bertz CT molecular complexity index is 649. The first kappa shape index (κ1) is 15.0. The minimum absolute atomic E-state index is 0.111. The lowest BCUT2D eigenvalue weighted by atomic mass is 10.1. The number of hydrogen-bond acceptors (Lipinski definition) is 4. The molecule has 1 aromatic carbocycles. The van der Waals surface area contributed by atoms with Gasteiger partial charge in [0.15, 0.2) is 0 Å².